The molecule has 0 radical (unpaired) electrons. The van der Waals surface area contributed by atoms with E-state index in [0.717, 1.165) is 60.5 Å². The predicted molar refractivity (Wildman–Crippen MR) is 169 cm³/mol. The van der Waals surface area contributed by atoms with Crippen molar-refractivity contribution in [2.45, 2.75) is 26.8 Å². The van der Waals surface area contributed by atoms with E-state index in [9.17, 15) is 4.79 Å². The Bertz CT molecular complexity index is 1790. The number of rotatable bonds is 8. The molecule has 9 nitrogen and oxygen atoms in total. The lowest BCUT2D eigenvalue weighted by molar-refractivity contribution is 0.0992. The normalized spacial score (nSPS) is 14.3. The average Bonchev–Trinajstić information content (AvgIpc) is 3.38. The molecule has 0 saturated carbocycles. The van der Waals surface area contributed by atoms with Crippen LogP contribution in [0.5, 0.6) is 11.6 Å². The van der Waals surface area contributed by atoms with Crippen molar-refractivity contribution in [1.29, 1.82) is 0 Å². The Morgan fingerprint density at radius 3 is 2.40 bits per heavy atom. The van der Waals surface area contributed by atoms with E-state index in [-0.39, 0.29) is 12.2 Å². The van der Waals surface area contributed by atoms with Crippen LogP contribution in [0.4, 0.5) is 5.69 Å². The van der Waals surface area contributed by atoms with E-state index in [0.29, 0.717) is 34.3 Å². The number of hydrogen-bond donors (Lipinski definition) is 1. The lowest BCUT2D eigenvalue weighted by Gasteiger charge is -2.32. The van der Waals surface area contributed by atoms with Crippen LogP contribution in [0, 0.1) is 13.8 Å². The van der Waals surface area contributed by atoms with E-state index in [1.165, 1.54) is 5.56 Å². The molecule has 3 aromatic carbocycles. The number of fused-ring (bicyclic) bond motifs is 1. The number of ether oxygens (including phenoxy) is 1. The maximum Gasteiger partial charge on any atom is 0.251 e. The summed E-state index contributed by atoms with van der Waals surface area (Å²) in [5.74, 6) is 1.53. The Morgan fingerprint density at radius 1 is 0.884 bits per heavy atom. The number of hydrogen-bond acceptors (Lipinski definition) is 8. The molecule has 220 valence electrons. The minimum absolute atomic E-state index is 0.0780. The number of carbonyl (C=O) groups excluding carboxylic acids is 1. The number of aryl methyl sites for hydroxylation is 3. The standard InChI is InChI=1S/C34H37N7O2/c1-22-5-12-29(43-34-31-33(40(4)21-36-31)37-32(38-34)24-8-10-28(35)11-9-24)18-27(22)19-30(42)25-6-7-26(23(2)17-25)20-41-15-13-39(3)14-16-41/h5-12,17-18,21H,13-16,19-20,35H2,1-4H3. The van der Waals surface area contributed by atoms with Crippen LogP contribution in [0.1, 0.15) is 32.6 Å². The third kappa shape index (κ3) is 6.28. The average molecular weight is 576 g/mol. The van der Waals surface area contributed by atoms with Gasteiger partial charge in [-0.15, -0.1) is 0 Å². The van der Waals surface area contributed by atoms with Crippen LogP contribution in [0.2, 0.25) is 0 Å². The number of anilines is 1. The lowest BCUT2D eigenvalue weighted by atomic mass is 9.96. The summed E-state index contributed by atoms with van der Waals surface area (Å²) in [5, 5.41) is 0. The molecule has 1 aliphatic heterocycles. The van der Waals surface area contributed by atoms with Crippen LogP contribution in [0.3, 0.4) is 0 Å². The highest BCUT2D eigenvalue weighted by molar-refractivity contribution is 5.98. The highest BCUT2D eigenvalue weighted by atomic mass is 16.5. The van der Waals surface area contributed by atoms with Gasteiger partial charge in [0.2, 0.25) is 0 Å². The van der Waals surface area contributed by atoms with Gasteiger partial charge in [0.1, 0.15) is 5.75 Å². The molecule has 1 aliphatic rings. The largest absolute Gasteiger partial charge is 0.437 e. The van der Waals surface area contributed by atoms with Crippen LogP contribution < -0.4 is 10.5 Å². The molecule has 0 atom stereocenters. The van der Waals surface area contributed by atoms with Crippen LogP contribution in [0.15, 0.2) is 67.0 Å². The van der Waals surface area contributed by atoms with E-state index in [1.807, 2.05) is 73.1 Å². The Balaban J connectivity index is 1.21. The minimum Gasteiger partial charge on any atom is -0.437 e. The summed E-state index contributed by atoms with van der Waals surface area (Å²) in [4.78, 5) is 32.2. The molecule has 0 bridgehead atoms. The van der Waals surface area contributed by atoms with Gasteiger partial charge < -0.3 is 19.9 Å². The number of likely N-dealkylation sites (N-methyl/N-ethyl adjacent to an activating group) is 1. The zero-order valence-corrected chi connectivity index (χ0v) is 25.2. The lowest BCUT2D eigenvalue weighted by Crippen LogP contribution is -2.43. The van der Waals surface area contributed by atoms with Crippen molar-refractivity contribution in [3.63, 3.8) is 0 Å². The third-order valence-electron chi connectivity index (χ3n) is 8.24. The highest BCUT2D eigenvalue weighted by Gasteiger charge is 2.18. The Kier molecular flexibility index (Phi) is 7.92. The highest BCUT2D eigenvalue weighted by Crippen LogP contribution is 2.31. The summed E-state index contributed by atoms with van der Waals surface area (Å²) in [6.07, 6.45) is 1.97. The second kappa shape index (κ2) is 11.9. The van der Waals surface area contributed by atoms with Crippen molar-refractivity contribution in [3.05, 3.63) is 94.8 Å². The SMILES string of the molecule is Cc1ccc(Oc2nc(-c3ccc(N)cc3)nc3c2ncn3C)cc1CC(=O)c1ccc(CN2CCN(C)CC2)c(C)c1. The van der Waals surface area contributed by atoms with Gasteiger partial charge in [-0.25, -0.2) is 9.97 Å². The number of nitrogens with zero attached hydrogens (tertiary/aromatic N) is 6. The zero-order chi connectivity index (χ0) is 30.1. The number of piperazine rings is 1. The Labute approximate surface area is 252 Å². The van der Waals surface area contributed by atoms with Crippen molar-refractivity contribution in [3.8, 4) is 23.0 Å². The molecule has 0 amide bonds. The number of nitrogens with two attached hydrogens (primary N) is 1. The van der Waals surface area contributed by atoms with E-state index < -0.39 is 0 Å². The van der Waals surface area contributed by atoms with Crippen molar-refractivity contribution in [1.82, 2.24) is 29.3 Å². The molecule has 0 spiro atoms. The number of imidazole rings is 1. The summed E-state index contributed by atoms with van der Waals surface area (Å²) in [5.41, 5.74) is 13.7. The first kappa shape index (κ1) is 28.5. The monoisotopic (exact) mass is 575 g/mol. The molecule has 0 unspecified atom stereocenters. The van der Waals surface area contributed by atoms with E-state index in [4.69, 9.17) is 20.4 Å². The molecule has 5 aromatic rings. The zero-order valence-electron chi connectivity index (χ0n) is 25.2. The summed E-state index contributed by atoms with van der Waals surface area (Å²) in [6, 6.07) is 19.3. The minimum atomic E-state index is 0.0780. The second-order valence-electron chi connectivity index (χ2n) is 11.5. The summed E-state index contributed by atoms with van der Waals surface area (Å²) < 4.78 is 8.15. The molecule has 0 aliphatic carbocycles. The predicted octanol–water partition coefficient (Wildman–Crippen LogP) is 5.19. The van der Waals surface area contributed by atoms with Crippen molar-refractivity contribution in [2.24, 2.45) is 7.05 Å². The molecule has 9 heteroatoms. The first-order chi connectivity index (χ1) is 20.7. The molecule has 43 heavy (non-hydrogen) atoms. The topological polar surface area (TPSA) is 102 Å². The van der Waals surface area contributed by atoms with Crippen LogP contribution in [0.25, 0.3) is 22.6 Å². The molecular formula is C34H37N7O2. The van der Waals surface area contributed by atoms with Crippen LogP contribution in [-0.4, -0.2) is 68.3 Å². The van der Waals surface area contributed by atoms with Gasteiger partial charge in [-0.05, 0) is 85.6 Å². The van der Waals surface area contributed by atoms with Crippen LogP contribution in [-0.2, 0) is 20.0 Å². The fraction of sp³-hybridized carbons (Fsp3) is 0.294. The number of ketones is 1. The Morgan fingerprint density at radius 2 is 1.65 bits per heavy atom. The molecule has 1 saturated heterocycles. The summed E-state index contributed by atoms with van der Waals surface area (Å²) >= 11 is 0. The van der Waals surface area contributed by atoms with Gasteiger partial charge in [-0.3, -0.25) is 9.69 Å². The van der Waals surface area contributed by atoms with Gasteiger partial charge in [0.15, 0.2) is 22.8 Å². The van der Waals surface area contributed by atoms with Crippen molar-refractivity contribution < 1.29 is 9.53 Å². The van der Waals surface area contributed by atoms with Gasteiger partial charge in [-0.2, -0.15) is 4.98 Å². The number of Topliss-reactive ketones (excluding diaryl/α,β-unsaturated/α-hetero) is 1. The van der Waals surface area contributed by atoms with Gasteiger partial charge in [0, 0.05) is 63.0 Å². The molecular weight excluding hydrogens is 538 g/mol. The maximum absolute atomic E-state index is 13.4. The van der Waals surface area contributed by atoms with E-state index >= 15 is 0 Å². The fourth-order valence-electron chi connectivity index (χ4n) is 5.40. The van der Waals surface area contributed by atoms with Gasteiger partial charge >= 0.3 is 0 Å². The van der Waals surface area contributed by atoms with Gasteiger partial charge in [0.25, 0.3) is 5.88 Å². The fourth-order valence-corrected chi connectivity index (χ4v) is 5.40. The molecule has 2 aromatic heterocycles. The first-order valence-electron chi connectivity index (χ1n) is 14.6. The number of carbonyl (C=O) groups is 1. The Hall–Kier alpha value is -4.60. The van der Waals surface area contributed by atoms with Crippen molar-refractivity contribution in [2.75, 3.05) is 39.0 Å². The number of nitrogen functional groups attached to an aromatic ring is 1. The summed E-state index contributed by atoms with van der Waals surface area (Å²) in [6.45, 7) is 9.34. The molecule has 3 heterocycles. The molecule has 1 fully saturated rings. The molecule has 2 N–H and O–H groups in total. The first-order valence-corrected chi connectivity index (χ1v) is 14.6. The summed E-state index contributed by atoms with van der Waals surface area (Å²) in [7, 11) is 4.05. The number of benzene rings is 3. The van der Waals surface area contributed by atoms with Gasteiger partial charge in [-0.1, -0.05) is 18.2 Å². The maximum atomic E-state index is 13.4. The van der Waals surface area contributed by atoms with Crippen LogP contribution >= 0.6 is 0 Å². The quantitative estimate of drug-likeness (QED) is 0.199. The van der Waals surface area contributed by atoms with Gasteiger partial charge in [0.05, 0.1) is 6.33 Å². The third-order valence-corrected chi connectivity index (χ3v) is 8.24. The van der Waals surface area contributed by atoms with Crippen molar-refractivity contribution >= 4 is 22.6 Å². The molecule has 6 rings (SSSR count). The van der Waals surface area contributed by atoms with E-state index in [1.54, 1.807) is 6.33 Å². The smallest absolute Gasteiger partial charge is 0.251 e. The second-order valence-corrected chi connectivity index (χ2v) is 11.5. The number of aromatic nitrogens is 4. The van der Waals surface area contributed by atoms with E-state index in [2.05, 4.69) is 34.8 Å².